The summed E-state index contributed by atoms with van der Waals surface area (Å²) in [6, 6.07) is 5.07. The van der Waals surface area contributed by atoms with E-state index < -0.39 is 0 Å². The summed E-state index contributed by atoms with van der Waals surface area (Å²) in [6.45, 7) is 3.79. The van der Waals surface area contributed by atoms with Crippen LogP contribution in [0, 0.1) is 19.7 Å². The number of aryl methyl sites for hydroxylation is 2. The molecule has 1 aromatic carbocycles. The summed E-state index contributed by atoms with van der Waals surface area (Å²) in [7, 11) is 0. The SMILES string of the molecule is Cc1cc(C)c(C(N)c2ccsc2)c(F)c1. The lowest BCUT2D eigenvalue weighted by Crippen LogP contribution is -2.14. The molecule has 2 rings (SSSR count). The van der Waals surface area contributed by atoms with Crippen molar-refractivity contribution in [3.8, 4) is 0 Å². The van der Waals surface area contributed by atoms with E-state index in [1.54, 1.807) is 11.3 Å². The summed E-state index contributed by atoms with van der Waals surface area (Å²) >= 11 is 1.58. The van der Waals surface area contributed by atoms with Crippen LogP contribution in [0.25, 0.3) is 0 Å². The van der Waals surface area contributed by atoms with Crippen LogP contribution >= 0.6 is 11.3 Å². The fourth-order valence-corrected chi connectivity index (χ4v) is 2.64. The van der Waals surface area contributed by atoms with Crippen LogP contribution < -0.4 is 5.73 Å². The van der Waals surface area contributed by atoms with Gasteiger partial charge in [-0.05, 0) is 53.4 Å². The first-order valence-corrected chi connectivity index (χ1v) is 6.08. The highest BCUT2D eigenvalue weighted by Gasteiger charge is 2.16. The van der Waals surface area contributed by atoms with Gasteiger partial charge in [0.2, 0.25) is 0 Å². The quantitative estimate of drug-likeness (QED) is 0.846. The Morgan fingerprint density at radius 1 is 1.31 bits per heavy atom. The summed E-state index contributed by atoms with van der Waals surface area (Å²) in [5, 5.41) is 3.92. The van der Waals surface area contributed by atoms with Gasteiger partial charge in [-0.25, -0.2) is 4.39 Å². The maximum Gasteiger partial charge on any atom is 0.128 e. The Morgan fingerprint density at radius 3 is 2.62 bits per heavy atom. The number of thiophene rings is 1. The van der Waals surface area contributed by atoms with Crippen molar-refractivity contribution in [2.45, 2.75) is 19.9 Å². The van der Waals surface area contributed by atoms with E-state index in [1.807, 2.05) is 36.7 Å². The van der Waals surface area contributed by atoms with Crippen LogP contribution in [0.1, 0.15) is 28.3 Å². The number of hydrogen-bond acceptors (Lipinski definition) is 2. The fourth-order valence-electron chi connectivity index (χ4n) is 1.94. The van der Waals surface area contributed by atoms with Crippen molar-refractivity contribution >= 4 is 11.3 Å². The van der Waals surface area contributed by atoms with Gasteiger partial charge in [0.1, 0.15) is 5.82 Å². The van der Waals surface area contributed by atoms with E-state index in [1.165, 1.54) is 6.07 Å². The highest BCUT2D eigenvalue weighted by molar-refractivity contribution is 7.08. The minimum Gasteiger partial charge on any atom is -0.320 e. The molecule has 1 unspecified atom stereocenters. The summed E-state index contributed by atoms with van der Waals surface area (Å²) in [4.78, 5) is 0. The third-order valence-corrected chi connectivity index (χ3v) is 3.40. The van der Waals surface area contributed by atoms with E-state index in [9.17, 15) is 4.39 Å². The van der Waals surface area contributed by atoms with Gasteiger partial charge >= 0.3 is 0 Å². The minimum absolute atomic E-state index is 0.212. The van der Waals surface area contributed by atoms with Gasteiger partial charge in [0, 0.05) is 5.56 Å². The molecule has 0 amide bonds. The Morgan fingerprint density at radius 2 is 2.06 bits per heavy atom. The first-order valence-electron chi connectivity index (χ1n) is 5.14. The van der Waals surface area contributed by atoms with Gasteiger partial charge in [-0.3, -0.25) is 0 Å². The molecule has 0 fully saturated rings. The van der Waals surface area contributed by atoms with E-state index in [0.717, 1.165) is 16.7 Å². The van der Waals surface area contributed by atoms with E-state index >= 15 is 0 Å². The van der Waals surface area contributed by atoms with Crippen LogP contribution in [0.5, 0.6) is 0 Å². The highest BCUT2D eigenvalue weighted by atomic mass is 32.1. The van der Waals surface area contributed by atoms with Crippen molar-refractivity contribution in [2.24, 2.45) is 5.73 Å². The first-order chi connectivity index (χ1) is 7.59. The van der Waals surface area contributed by atoms with Gasteiger partial charge in [0.15, 0.2) is 0 Å². The normalized spacial score (nSPS) is 12.8. The summed E-state index contributed by atoms with van der Waals surface area (Å²) in [5.41, 5.74) is 9.49. The second kappa shape index (κ2) is 4.36. The molecule has 2 N–H and O–H groups in total. The molecule has 0 aliphatic rings. The van der Waals surface area contributed by atoms with Gasteiger partial charge in [0.25, 0.3) is 0 Å². The molecule has 1 heterocycles. The predicted octanol–water partition coefficient (Wildman–Crippen LogP) is 3.55. The number of nitrogens with two attached hydrogens (primary N) is 1. The van der Waals surface area contributed by atoms with Crippen molar-refractivity contribution in [3.05, 3.63) is 57.0 Å². The lowest BCUT2D eigenvalue weighted by atomic mass is 9.95. The smallest absolute Gasteiger partial charge is 0.128 e. The molecule has 1 aromatic heterocycles. The van der Waals surface area contributed by atoms with Gasteiger partial charge in [-0.15, -0.1) is 0 Å². The molecule has 84 valence electrons. The number of benzene rings is 1. The van der Waals surface area contributed by atoms with E-state index in [4.69, 9.17) is 5.73 Å². The molecule has 0 bridgehead atoms. The summed E-state index contributed by atoms with van der Waals surface area (Å²) in [5.74, 6) is -0.212. The van der Waals surface area contributed by atoms with E-state index in [0.29, 0.717) is 5.56 Å². The van der Waals surface area contributed by atoms with Crippen molar-refractivity contribution in [1.82, 2.24) is 0 Å². The average Bonchev–Trinajstić information content (AvgIpc) is 2.67. The number of halogens is 1. The van der Waals surface area contributed by atoms with E-state index in [2.05, 4.69) is 0 Å². The third-order valence-electron chi connectivity index (χ3n) is 2.69. The minimum atomic E-state index is -0.369. The lowest BCUT2D eigenvalue weighted by molar-refractivity contribution is 0.596. The average molecular weight is 235 g/mol. The van der Waals surface area contributed by atoms with E-state index in [-0.39, 0.29) is 11.9 Å². The molecular formula is C13H14FNS. The second-order valence-electron chi connectivity index (χ2n) is 4.01. The third kappa shape index (κ3) is 2.01. The molecule has 0 aliphatic heterocycles. The molecule has 0 spiro atoms. The van der Waals surface area contributed by atoms with Crippen molar-refractivity contribution in [3.63, 3.8) is 0 Å². The van der Waals surface area contributed by atoms with Crippen LogP contribution in [-0.4, -0.2) is 0 Å². The zero-order chi connectivity index (χ0) is 11.7. The number of hydrogen-bond donors (Lipinski definition) is 1. The maximum atomic E-state index is 13.9. The Balaban J connectivity index is 2.48. The number of rotatable bonds is 2. The van der Waals surface area contributed by atoms with Crippen molar-refractivity contribution < 1.29 is 4.39 Å². The van der Waals surface area contributed by atoms with Crippen LogP contribution in [-0.2, 0) is 0 Å². The molecule has 1 nitrogen and oxygen atoms in total. The van der Waals surface area contributed by atoms with Crippen LogP contribution in [0.4, 0.5) is 4.39 Å². The zero-order valence-electron chi connectivity index (χ0n) is 9.33. The largest absolute Gasteiger partial charge is 0.320 e. The molecular weight excluding hydrogens is 221 g/mol. The van der Waals surface area contributed by atoms with Crippen LogP contribution in [0.15, 0.2) is 29.0 Å². The molecule has 0 radical (unpaired) electrons. The zero-order valence-corrected chi connectivity index (χ0v) is 10.1. The van der Waals surface area contributed by atoms with Gasteiger partial charge in [-0.2, -0.15) is 11.3 Å². The molecule has 1 atom stereocenters. The molecule has 0 saturated heterocycles. The maximum absolute atomic E-state index is 13.9. The van der Waals surface area contributed by atoms with Gasteiger partial charge < -0.3 is 5.73 Å². The Hall–Kier alpha value is -1.19. The summed E-state index contributed by atoms with van der Waals surface area (Å²) < 4.78 is 13.9. The predicted molar refractivity (Wildman–Crippen MR) is 66.2 cm³/mol. The standard InChI is InChI=1S/C13H14FNS/c1-8-5-9(2)12(11(14)6-8)13(15)10-3-4-16-7-10/h3-7,13H,15H2,1-2H3. The highest BCUT2D eigenvalue weighted by Crippen LogP contribution is 2.27. The molecule has 16 heavy (non-hydrogen) atoms. The molecule has 0 aliphatic carbocycles. The lowest BCUT2D eigenvalue weighted by Gasteiger charge is -2.15. The fraction of sp³-hybridized carbons (Fsp3) is 0.231. The second-order valence-corrected chi connectivity index (χ2v) is 4.79. The topological polar surface area (TPSA) is 26.0 Å². The molecule has 0 saturated carbocycles. The summed E-state index contributed by atoms with van der Waals surface area (Å²) in [6.07, 6.45) is 0. The van der Waals surface area contributed by atoms with Crippen molar-refractivity contribution in [1.29, 1.82) is 0 Å². The molecule has 2 aromatic rings. The molecule has 3 heteroatoms. The Bertz CT molecular complexity index is 468. The monoisotopic (exact) mass is 235 g/mol. The Kier molecular flexibility index (Phi) is 3.08. The van der Waals surface area contributed by atoms with Crippen LogP contribution in [0.2, 0.25) is 0 Å². The Labute approximate surface area is 98.7 Å². The first kappa shape index (κ1) is 11.3. The van der Waals surface area contributed by atoms with Gasteiger partial charge in [-0.1, -0.05) is 6.07 Å². The van der Waals surface area contributed by atoms with Gasteiger partial charge in [0.05, 0.1) is 6.04 Å². The van der Waals surface area contributed by atoms with Crippen molar-refractivity contribution in [2.75, 3.05) is 0 Å². The van der Waals surface area contributed by atoms with Crippen LogP contribution in [0.3, 0.4) is 0 Å².